The van der Waals surface area contributed by atoms with Crippen LogP contribution in [-0.4, -0.2) is 42.7 Å². The standard InChI is InChI=1S/C16H21BrN2O4S/c1-10(2)19-14(20)7-18-15(21)8-23-16(22)9-24-13-5-4-12(17)6-11(13)3/h4-6,10H,7-9H2,1-3H3,(H,18,21)(H,19,20). The predicted octanol–water partition coefficient (Wildman–Crippen LogP) is 2.03. The summed E-state index contributed by atoms with van der Waals surface area (Å²) >= 11 is 4.73. The van der Waals surface area contributed by atoms with Crippen LogP contribution in [0.4, 0.5) is 0 Å². The van der Waals surface area contributed by atoms with E-state index < -0.39 is 18.5 Å². The lowest BCUT2D eigenvalue weighted by atomic mass is 10.2. The smallest absolute Gasteiger partial charge is 0.316 e. The Balaban J connectivity index is 2.25. The minimum atomic E-state index is -0.507. The summed E-state index contributed by atoms with van der Waals surface area (Å²) in [5, 5.41) is 5.03. The fraction of sp³-hybridized carbons (Fsp3) is 0.438. The molecule has 132 valence electrons. The van der Waals surface area contributed by atoms with Gasteiger partial charge in [0.05, 0.1) is 12.3 Å². The highest BCUT2D eigenvalue weighted by atomic mass is 79.9. The van der Waals surface area contributed by atoms with Crippen molar-refractivity contribution in [2.45, 2.75) is 31.7 Å². The van der Waals surface area contributed by atoms with Gasteiger partial charge in [0, 0.05) is 15.4 Å². The SMILES string of the molecule is Cc1cc(Br)ccc1SCC(=O)OCC(=O)NCC(=O)NC(C)C. The molecule has 0 atom stereocenters. The quantitative estimate of drug-likeness (QED) is 0.500. The highest BCUT2D eigenvalue weighted by Crippen LogP contribution is 2.25. The van der Waals surface area contributed by atoms with E-state index in [2.05, 4.69) is 26.6 Å². The summed E-state index contributed by atoms with van der Waals surface area (Å²) in [4.78, 5) is 35.5. The number of halogens is 1. The highest BCUT2D eigenvalue weighted by Gasteiger charge is 2.11. The van der Waals surface area contributed by atoms with Crippen molar-refractivity contribution in [1.82, 2.24) is 10.6 Å². The summed E-state index contributed by atoms with van der Waals surface area (Å²) < 4.78 is 5.87. The lowest BCUT2D eigenvalue weighted by molar-refractivity contribution is -0.146. The van der Waals surface area contributed by atoms with Crippen LogP contribution in [0.1, 0.15) is 19.4 Å². The number of hydrogen-bond donors (Lipinski definition) is 2. The average Bonchev–Trinajstić information content (AvgIpc) is 2.49. The zero-order chi connectivity index (χ0) is 18.1. The molecular weight excluding hydrogens is 396 g/mol. The summed E-state index contributed by atoms with van der Waals surface area (Å²) in [6, 6.07) is 5.78. The molecular formula is C16H21BrN2O4S. The molecule has 0 aromatic heterocycles. The van der Waals surface area contributed by atoms with Crippen LogP contribution < -0.4 is 10.6 Å². The van der Waals surface area contributed by atoms with Crippen molar-refractivity contribution in [3.05, 3.63) is 28.2 Å². The fourth-order valence-electron chi connectivity index (χ4n) is 1.70. The van der Waals surface area contributed by atoms with Crippen molar-refractivity contribution in [3.63, 3.8) is 0 Å². The van der Waals surface area contributed by atoms with E-state index in [0.29, 0.717) is 0 Å². The van der Waals surface area contributed by atoms with E-state index in [1.165, 1.54) is 11.8 Å². The number of nitrogens with one attached hydrogen (secondary N) is 2. The second-order valence-corrected chi connectivity index (χ2v) is 7.29. The van der Waals surface area contributed by atoms with Gasteiger partial charge in [-0.05, 0) is 44.5 Å². The molecule has 0 saturated carbocycles. The zero-order valence-electron chi connectivity index (χ0n) is 13.8. The molecule has 0 aliphatic heterocycles. The maximum Gasteiger partial charge on any atom is 0.316 e. The molecule has 1 aromatic carbocycles. The molecule has 1 aromatic rings. The summed E-state index contributed by atoms with van der Waals surface area (Å²) in [6.45, 7) is 5.07. The first kappa shape index (κ1) is 20.5. The Hall–Kier alpha value is -1.54. The van der Waals surface area contributed by atoms with Crippen LogP contribution in [0.15, 0.2) is 27.6 Å². The monoisotopic (exact) mass is 416 g/mol. The van der Waals surface area contributed by atoms with Crippen LogP contribution in [0.3, 0.4) is 0 Å². The van der Waals surface area contributed by atoms with Crippen LogP contribution in [0.5, 0.6) is 0 Å². The van der Waals surface area contributed by atoms with E-state index in [4.69, 9.17) is 4.74 Å². The number of benzene rings is 1. The Bertz CT molecular complexity index is 608. The van der Waals surface area contributed by atoms with Crippen molar-refractivity contribution < 1.29 is 19.1 Å². The fourth-order valence-corrected chi connectivity index (χ4v) is 2.99. The van der Waals surface area contributed by atoms with E-state index in [1.807, 2.05) is 39.0 Å². The van der Waals surface area contributed by atoms with E-state index in [9.17, 15) is 14.4 Å². The number of amides is 2. The Morgan fingerprint density at radius 3 is 2.58 bits per heavy atom. The molecule has 2 amide bonds. The molecule has 0 bridgehead atoms. The summed E-state index contributed by atoms with van der Waals surface area (Å²) in [5.74, 6) is -1.16. The minimum absolute atomic E-state index is 0.00585. The van der Waals surface area contributed by atoms with Gasteiger partial charge in [0.15, 0.2) is 6.61 Å². The normalized spacial score (nSPS) is 10.4. The molecule has 0 unspecified atom stereocenters. The third-order valence-electron chi connectivity index (χ3n) is 2.74. The van der Waals surface area contributed by atoms with Gasteiger partial charge >= 0.3 is 5.97 Å². The second kappa shape index (κ2) is 10.4. The number of carbonyl (C=O) groups excluding carboxylic acids is 3. The first-order valence-corrected chi connectivity index (χ1v) is 9.16. The maximum absolute atomic E-state index is 11.7. The van der Waals surface area contributed by atoms with Crippen molar-refractivity contribution >= 4 is 45.5 Å². The van der Waals surface area contributed by atoms with Crippen molar-refractivity contribution in [2.75, 3.05) is 18.9 Å². The largest absolute Gasteiger partial charge is 0.455 e. The van der Waals surface area contributed by atoms with E-state index in [1.54, 1.807) is 0 Å². The molecule has 6 nitrogen and oxygen atoms in total. The molecule has 2 N–H and O–H groups in total. The Morgan fingerprint density at radius 2 is 1.96 bits per heavy atom. The number of thioether (sulfide) groups is 1. The molecule has 24 heavy (non-hydrogen) atoms. The van der Waals surface area contributed by atoms with Gasteiger partial charge < -0.3 is 15.4 Å². The van der Waals surface area contributed by atoms with Gasteiger partial charge in [-0.25, -0.2) is 0 Å². The molecule has 0 spiro atoms. The van der Waals surface area contributed by atoms with Gasteiger partial charge in [-0.3, -0.25) is 14.4 Å². The molecule has 8 heteroatoms. The van der Waals surface area contributed by atoms with Crippen molar-refractivity contribution in [3.8, 4) is 0 Å². The van der Waals surface area contributed by atoms with Crippen molar-refractivity contribution in [2.24, 2.45) is 0 Å². The van der Waals surface area contributed by atoms with Gasteiger partial charge in [0.1, 0.15) is 0 Å². The molecule has 0 aliphatic rings. The summed E-state index contributed by atoms with van der Waals surface area (Å²) in [5.41, 5.74) is 1.05. The maximum atomic E-state index is 11.7. The number of carbonyl (C=O) groups is 3. The van der Waals surface area contributed by atoms with E-state index >= 15 is 0 Å². The number of rotatable bonds is 8. The van der Waals surface area contributed by atoms with Crippen LogP contribution in [0.25, 0.3) is 0 Å². The van der Waals surface area contributed by atoms with Crippen LogP contribution >= 0.6 is 27.7 Å². The first-order valence-electron chi connectivity index (χ1n) is 7.38. The van der Waals surface area contributed by atoms with E-state index in [-0.39, 0.29) is 24.2 Å². The Labute approximate surface area is 154 Å². The topological polar surface area (TPSA) is 84.5 Å². The zero-order valence-corrected chi connectivity index (χ0v) is 16.3. The number of hydrogen-bond acceptors (Lipinski definition) is 5. The number of ether oxygens (including phenoxy) is 1. The molecule has 0 saturated heterocycles. The highest BCUT2D eigenvalue weighted by molar-refractivity contribution is 9.10. The van der Waals surface area contributed by atoms with Crippen molar-refractivity contribution in [1.29, 1.82) is 0 Å². The summed E-state index contributed by atoms with van der Waals surface area (Å²) in [6.07, 6.45) is 0. The number of aryl methyl sites for hydroxylation is 1. The van der Waals surface area contributed by atoms with Gasteiger partial charge in [0.25, 0.3) is 5.91 Å². The predicted molar refractivity (Wildman–Crippen MR) is 96.9 cm³/mol. The lowest BCUT2D eigenvalue weighted by Crippen LogP contribution is -2.41. The van der Waals surface area contributed by atoms with Crippen LogP contribution in [-0.2, 0) is 19.1 Å². The second-order valence-electron chi connectivity index (χ2n) is 5.36. The minimum Gasteiger partial charge on any atom is -0.455 e. The third kappa shape index (κ3) is 8.35. The van der Waals surface area contributed by atoms with Crippen LogP contribution in [0.2, 0.25) is 0 Å². The third-order valence-corrected chi connectivity index (χ3v) is 4.38. The van der Waals surface area contributed by atoms with Gasteiger partial charge in [-0.2, -0.15) is 0 Å². The molecule has 0 fully saturated rings. The van der Waals surface area contributed by atoms with E-state index in [0.717, 1.165) is 14.9 Å². The summed E-state index contributed by atoms with van der Waals surface area (Å²) in [7, 11) is 0. The van der Waals surface area contributed by atoms with Gasteiger partial charge in [-0.1, -0.05) is 15.9 Å². The average molecular weight is 417 g/mol. The molecule has 0 radical (unpaired) electrons. The van der Waals surface area contributed by atoms with Crippen LogP contribution in [0, 0.1) is 6.92 Å². The van der Waals surface area contributed by atoms with Gasteiger partial charge in [0.2, 0.25) is 5.91 Å². The van der Waals surface area contributed by atoms with Gasteiger partial charge in [-0.15, -0.1) is 11.8 Å². The lowest BCUT2D eigenvalue weighted by Gasteiger charge is -2.09. The Kier molecular flexibility index (Phi) is 8.84. The first-order chi connectivity index (χ1) is 11.3. The number of esters is 1. The molecule has 1 rings (SSSR count). The molecule has 0 heterocycles. The molecule has 0 aliphatic carbocycles. The Morgan fingerprint density at radius 1 is 1.25 bits per heavy atom.